The maximum absolute atomic E-state index is 12.3. The Bertz CT molecular complexity index is 612. The molecule has 1 fully saturated rings. The molecule has 1 saturated heterocycles. The molecule has 0 aromatic heterocycles. The summed E-state index contributed by atoms with van der Waals surface area (Å²) in [6.07, 6.45) is 3.43. The molecule has 20 heavy (non-hydrogen) atoms. The first-order valence-corrected chi connectivity index (χ1v) is 8.88. The third kappa shape index (κ3) is 2.28. The van der Waals surface area contributed by atoms with Crippen molar-refractivity contribution in [1.29, 1.82) is 0 Å². The molecule has 0 bridgehead atoms. The lowest BCUT2D eigenvalue weighted by Crippen LogP contribution is -2.45. The first-order chi connectivity index (χ1) is 9.52. The van der Waals surface area contributed by atoms with Crippen molar-refractivity contribution in [2.45, 2.75) is 37.4 Å². The van der Waals surface area contributed by atoms with Crippen molar-refractivity contribution in [2.24, 2.45) is 0 Å². The molecule has 2 aliphatic heterocycles. The molecular weight excluding hydrogens is 274 g/mol. The fraction of sp³-hybridized carbons (Fsp3) is 0.600. The van der Waals surface area contributed by atoms with Crippen LogP contribution in [0.1, 0.15) is 31.7 Å². The number of sulfone groups is 1. The lowest BCUT2D eigenvalue weighted by Gasteiger charge is -2.33. The van der Waals surface area contributed by atoms with E-state index in [-0.39, 0.29) is 12.4 Å². The van der Waals surface area contributed by atoms with Crippen molar-refractivity contribution in [3.05, 3.63) is 23.8 Å². The highest BCUT2D eigenvalue weighted by molar-refractivity contribution is 7.92. The monoisotopic (exact) mass is 295 g/mol. The van der Waals surface area contributed by atoms with Gasteiger partial charge in [-0.15, -0.1) is 0 Å². The Morgan fingerprint density at radius 1 is 1.35 bits per heavy atom. The molecule has 1 unspecified atom stereocenters. The summed E-state index contributed by atoms with van der Waals surface area (Å²) in [6.45, 7) is 2.98. The lowest BCUT2D eigenvalue weighted by atomic mass is 10.0. The van der Waals surface area contributed by atoms with Crippen molar-refractivity contribution < 1.29 is 13.2 Å². The van der Waals surface area contributed by atoms with Gasteiger partial charge in [-0.25, -0.2) is 8.42 Å². The number of fused-ring (bicyclic) bond motifs is 1. The maximum atomic E-state index is 12.3. The van der Waals surface area contributed by atoms with Crippen LogP contribution in [-0.2, 0) is 16.3 Å². The summed E-state index contributed by atoms with van der Waals surface area (Å²) in [5.74, 6) is 1.07. The average Bonchev–Trinajstić information content (AvgIpc) is 2.89. The van der Waals surface area contributed by atoms with Crippen molar-refractivity contribution in [2.75, 3.05) is 24.2 Å². The highest BCUT2D eigenvalue weighted by atomic mass is 32.2. The minimum atomic E-state index is -3.05. The van der Waals surface area contributed by atoms with Crippen LogP contribution in [-0.4, -0.2) is 32.1 Å². The summed E-state index contributed by atoms with van der Waals surface area (Å²) in [5.41, 5.74) is 2.28. The Kier molecular flexibility index (Phi) is 3.40. The Hall–Kier alpha value is -1.23. The molecule has 0 aliphatic carbocycles. The van der Waals surface area contributed by atoms with E-state index in [2.05, 4.69) is 11.4 Å². The number of para-hydroxylation sites is 1. The van der Waals surface area contributed by atoms with E-state index in [1.807, 2.05) is 19.1 Å². The van der Waals surface area contributed by atoms with Crippen molar-refractivity contribution in [3.63, 3.8) is 0 Å². The predicted octanol–water partition coefficient (Wildman–Crippen LogP) is 2.39. The van der Waals surface area contributed by atoms with E-state index in [1.165, 1.54) is 5.56 Å². The topological polar surface area (TPSA) is 55.4 Å². The molecule has 3 rings (SSSR count). The molecule has 4 nitrogen and oxygen atoms in total. The van der Waals surface area contributed by atoms with Gasteiger partial charge >= 0.3 is 0 Å². The molecule has 2 heterocycles. The minimum absolute atomic E-state index is 0.244. The van der Waals surface area contributed by atoms with Crippen LogP contribution in [0.4, 0.5) is 5.69 Å². The van der Waals surface area contributed by atoms with Crippen LogP contribution < -0.4 is 10.1 Å². The van der Waals surface area contributed by atoms with E-state index < -0.39 is 14.6 Å². The summed E-state index contributed by atoms with van der Waals surface area (Å²) in [5, 5.41) is 3.32. The SMILES string of the molecule is CC1(COc2cccc3c2NCC3)CCCCS1(=O)=O. The highest BCUT2D eigenvalue weighted by Crippen LogP contribution is 2.35. The van der Waals surface area contributed by atoms with Gasteiger partial charge in [0.1, 0.15) is 17.1 Å². The molecule has 0 amide bonds. The van der Waals surface area contributed by atoms with Gasteiger partial charge in [0.15, 0.2) is 9.84 Å². The Labute approximate surface area is 120 Å². The lowest BCUT2D eigenvalue weighted by molar-refractivity contribution is 0.258. The molecule has 1 aromatic rings. The molecular formula is C15H21NO3S. The van der Waals surface area contributed by atoms with Crippen LogP contribution in [0, 0.1) is 0 Å². The molecule has 2 aliphatic rings. The van der Waals surface area contributed by atoms with E-state index in [0.29, 0.717) is 6.42 Å². The van der Waals surface area contributed by atoms with Gasteiger partial charge < -0.3 is 10.1 Å². The number of anilines is 1. The maximum Gasteiger partial charge on any atom is 0.159 e. The average molecular weight is 295 g/mol. The van der Waals surface area contributed by atoms with Crippen LogP contribution in [0.15, 0.2) is 18.2 Å². The second-order valence-electron chi connectivity index (χ2n) is 5.98. The molecule has 0 radical (unpaired) electrons. The van der Waals surface area contributed by atoms with Crippen LogP contribution in [0.2, 0.25) is 0 Å². The second kappa shape index (κ2) is 4.95. The van der Waals surface area contributed by atoms with E-state index in [9.17, 15) is 8.42 Å². The van der Waals surface area contributed by atoms with Crippen molar-refractivity contribution in [3.8, 4) is 5.75 Å². The summed E-state index contributed by atoms with van der Waals surface area (Å²) >= 11 is 0. The number of hydrogen-bond acceptors (Lipinski definition) is 4. The fourth-order valence-electron chi connectivity index (χ4n) is 3.01. The third-order valence-corrected chi connectivity index (χ3v) is 7.11. The van der Waals surface area contributed by atoms with E-state index >= 15 is 0 Å². The van der Waals surface area contributed by atoms with E-state index in [0.717, 1.165) is 37.2 Å². The standard InChI is InChI=1S/C15H21NO3S/c1-15(8-2-3-10-20(15,17)18)11-19-13-6-4-5-12-7-9-16-14(12)13/h4-6,16H,2-3,7-11H2,1H3. The largest absolute Gasteiger partial charge is 0.490 e. The first-order valence-electron chi connectivity index (χ1n) is 7.23. The van der Waals surface area contributed by atoms with E-state index in [1.54, 1.807) is 0 Å². The van der Waals surface area contributed by atoms with Gasteiger partial charge in [-0.2, -0.15) is 0 Å². The molecule has 0 saturated carbocycles. The number of hydrogen-bond donors (Lipinski definition) is 1. The van der Waals surface area contributed by atoms with Crippen LogP contribution >= 0.6 is 0 Å². The molecule has 0 spiro atoms. The van der Waals surface area contributed by atoms with Gasteiger partial charge in [0, 0.05) is 6.54 Å². The van der Waals surface area contributed by atoms with Crippen LogP contribution in [0.5, 0.6) is 5.75 Å². The smallest absolute Gasteiger partial charge is 0.159 e. The molecule has 1 N–H and O–H groups in total. The third-order valence-electron chi connectivity index (χ3n) is 4.46. The van der Waals surface area contributed by atoms with E-state index in [4.69, 9.17) is 4.74 Å². The predicted molar refractivity (Wildman–Crippen MR) is 80.2 cm³/mol. The molecule has 5 heteroatoms. The zero-order valence-corrected chi connectivity index (χ0v) is 12.6. The molecule has 110 valence electrons. The Morgan fingerprint density at radius 3 is 3.00 bits per heavy atom. The van der Waals surface area contributed by atoms with Crippen LogP contribution in [0.25, 0.3) is 0 Å². The van der Waals surface area contributed by atoms with Gasteiger partial charge in [-0.3, -0.25) is 0 Å². The number of ether oxygens (including phenoxy) is 1. The summed E-state index contributed by atoms with van der Waals surface area (Å²) in [4.78, 5) is 0. The summed E-state index contributed by atoms with van der Waals surface area (Å²) in [7, 11) is -3.05. The molecule has 1 atom stereocenters. The van der Waals surface area contributed by atoms with Gasteiger partial charge in [0.25, 0.3) is 0 Å². The second-order valence-corrected chi connectivity index (χ2v) is 8.60. The van der Waals surface area contributed by atoms with Gasteiger partial charge in [0.05, 0.1) is 11.4 Å². The Balaban J connectivity index is 1.78. The zero-order chi connectivity index (χ0) is 14.2. The number of nitrogens with one attached hydrogen (secondary N) is 1. The highest BCUT2D eigenvalue weighted by Gasteiger charge is 2.42. The Morgan fingerprint density at radius 2 is 2.20 bits per heavy atom. The minimum Gasteiger partial charge on any atom is -0.490 e. The fourth-order valence-corrected chi connectivity index (χ4v) is 4.78. The van der Waals surface area contributed by atoms with Gasteiger partial charge in [-0.05, 0) is 37.8 Å². The normalized spacial score (nSPS) is 27.6. The van der Waals surface area contributed by atoms with Crippen molar-refractivity contribution in [1.82, 2.24) is 0 Å². The summed E-state index contributed by atoms with van der Waals surface area (Å²) in [6, 6.07) is 5.97. The first kappa shape index (κ1) is 13.7. The number of benzene rings is 1. The summed E-state index contributed by atoms with van der Waals surface area (Å²) < 4.78 is 29.7. The zero-order valence-electron chi connectivity index (χ0n) is 11.8. The molecule has 1 aromatic carbocycles. The number of rotatable bonds is 3. The van der Waals surface area contributed by atoms with Crippen LogP contribution in [0.3, 0.4) is 0 Å². The quantitative estimate of drug-likeness (QED) is 0.930. The van der Waals surface area contributed by atoms with Gasteiger partial charge in [-0.1, -0.05) is 18.6 Å². The van der Waals surface area contributed by atoms with Gasteiger partial charge in [0.2, 0.25) is 0 Å². The van der Waals surface area contributed by atoms with Crippen molar-refractivity contribution >= 4 is 15.5 Å².